The standard InChI is InChI=1S/C19H22N2/c1-2-6-15(7-3-1)19-18(14-10-12-20-13-11-14)16-8-4-5-9-17(16)21-19/h1-9,14,18-21H,10-13H2/t18-,19-/m0/s1. The average Bonchev–Trinajstić information content (AvgIpc) is 2.96. The summed E-state index contributed by atoms with van der Waals surface area (Å²) in [7, 11) is 0. The van der Waals surface area contributed by atoms with Crippen LogP contribution in [0, 0.1) is 5.92 Å². The first-order chi connectivity index (χ1) is 10.4. The Kier molecular flexibility index (Phi) is 3.40. The number of benzene rings is 2. The summed E-state index contributed by atoms with van der Waals surface area (Å²) < 4.78 is 0. The molecule has 0 amide bonds. The molecule has 108 valence electrons. The van der Waals surface area contributed by atoms with Gasteiger partial charge in [0.25, 0.3) is 0 Å². The highest BCUT2D eigenvalue weighted by Crippen LogP contribution is 2.49. The predicted octanol–water partition coefficient (Wildman–Crippen LogP) is 3.94. The highest BCUT2D eigenvalue weighted by Gasteiger charge is 2.38. The van der Waals surface area contributed by atoms with Gasteiger partial charge in [-0.1, -0.05) is 48.5 Å². The number of anilines is 1. The molecule has 2 nitrogen and oxygen atoms in total. The van der Waals surface area contributed by atoms with Crippen LogP contribution in [0.2, 0.25) is 0 Å². The predicted molar refractivity (Wildman–Crippen MR) is 87.6 cm³/mol. The summed E-state index contributed by atoms with van der Waals surface area (Å²) in [4.78, 5) is 0. The minimum Gasteiger partial charge on any atom is -0.377 e. The summed E-state index contributed by atoms with van der Waals surface area (Å²) in [6.45, 7) is 2.32. The molecule has 0 aromatic heterocycles. The van der Waals surface area contributed by atoms with Gasteiger partial charge < -0.3 is 10.6 Å². The van der Waals surface area contributed by atoms with E-state index < -0.39 is 0 Å². The van der Waals surface area contributed by atoms with Gasteiger partial charge in [0.2, 0.25) is 0 Å². The minimum absolute atomic E-state index is 0.423. The second kappa shape index (κ2) is 5.53. The quantitative estimate of drug-likeness (QED) is 0.869. The van der Waals surface area contributed by atoms with Gasteiger partial charge in [0.1, 0.15) is 0 Å². The first-order valence-corrected chi connectivity index (χ1v) is 8.04. The fourth-order valence-corrected chi connectivity index (χ4v) is 4.04. The largest absolute Gasteiger partial charge is 0.377 e. The topological polar surface area (TPSA) is 24.1 Å². The molecular weight excluding hydrogens is 256 g/mol. The lowest BCUT2D eigenvalue weighted by molar-refractivity contribution is 0.305. The second-order valence-electron chi connectivity index (χ2n) is 6.23. The SMILES string of the molecule is c1ccc([C@@H]2Nc3ccccc3[C@@H]2C2CCNCC2)cc1. The maximum atomic E-state index is 3.78. The number of hydrogen-bond acceptors (Lipinski definition) is 2. The number of para-hydroxylation sites is 1. The molecule has 2 atom stereocenters. The molecule has 0 saturated carbocycles. The van der Waals surface area contributed by atoms with E-state index in [1.165, 1.54) is 29.7 Å². The van der Waals surface area contributed by atoms with Crippen LogP contribution in [-0.4, -0.2) is 13.1 Å². The van der Waals surface area contributed by atoms with Gasteiger partial charge in [0, 0.05) is 11.6 Å². The molecule has 0 unspecified atom stereocenters. The number of fused-ring (bicyclic) bond motifs is 1. The fraction of sp³-hybridized carbons (Fsp3) is 0.368. The van der Waals surface area contributed by atoms with Crippen molar-refractivity contribution >= 4 is 5.69 Å². The Morgan fingerprint density at radius 2 is 1.52 bits per heavy atom. The Morgan fingerprint density at radius 1 is 0.810 bits per heavy atom. The monoisotopic (exact) mass is 278 g/mol. The van der Waals surface area contributed by atoms with E-state index >= 15 is 0 Å². The fourth-order valence-electron chi connectivity index (χ4n) is 4.04. The van der Waals surface area contributed by atoms with Crippen molar-refractivity contribution in [1.29, 1.82) is 0 Å². The lowest BCUT2D eigenvalue weighted by atomic mass is 9.76. The van der Waals surface area contributed by atoms with E-state index in [4.69, 9.17) is 0 Å². The van der Waals surface area contributed by atoms with Crippen LogP contribution in [0.5, 0.6) is 0 Å². The van der Waals surface area contributed by atoms with Crippen molar-refractivity contribution < 1.29 is 0 Å². The van der Waals surface area contributed by atoms with Gasteiger partial charge in [0.15, 0.2) is 0 Å². The van der Waals surface area contributed by atoms with Crippen LogP contribution in [-0.2, 0) is 0 Å². The summed E-state index contributed by atoms with van der Waals surface area (Å²) in [5.74, 6) is 1.37. The normalized spacial score (nSPS) is 25.3. The lowest BCUT2D eigenvalue weighted by Crippen LogP contribution is -2.32. The first-order valence-electron chi connectivity index (χ1n) is 8.04. The molecule has 2 aliphatic rings. The van der Waals surface area contributed by atoms with E-state index in [1.807, 2.05) is 0 Å². The van der Waals surface area contributed by atoms with Crippen LogP contribution in [0.1, 0.15) is 35.9 Å². The Bertz CT molecular complexity index is 602. The molecule has 0 spiro atoms. The molecule has 0 radical (unpaired) electrons. The third-order valence-electron chi connectivity index (χ3n) is 5.04. The number of rotatable bonds is 2. The Labute approximate surface area is 126 Å². The van der Waals surface area contributed by atoms with Crippen molar-refractivity contribution in [3.8, 4) is 0 Å². The Balaban J connectivity index is 1.73. The lowest BCUT2D eigenvalue weighted by Gasteiger charge is -2.32. The summed E-state index contributed by atoms with van der Waals surface area (Å²) in [6.07, 6.45) is 2.56. The molecule has 2 aromatic carbocycles. The van der Waals surface area contributed by atoms with Gasteiger partial charge in [-0.25, -0.2) is 0 Å². The summed E-state index contributed by atoms with van der Waals surface area (Å²) in [6, 6.07) is 20.2. The van der Waals surface area contributed by atoms with Gasteiger partial charge in [-0.05, 0) is 49.0 Å². The van der Waals surface area contributed by atoms with Crippen LogP contribution in [0.3, 0.4) is 0 Å². The molecule has 1 fully saturated rings. The number of piperidine rings is 1. The van der Waals surface area contributed by atoms with E-state index in [1.54, 1.807) is 0 Å². The molecule has 0 aliphatic carbocycles. The highest BCUT2D eigenvalue weighted by atomic mass is 15.0. The molecule has 2 heterocycles. The zero-order valence-electron chi connectivity index (χ0n) is 12.3. The van der Waals surface area contributed by atoms with Crippen LogP contribution < -0.4 is 10.6 Å². The summed E-state index contributed by atoms with van der Waals surface area (Å²) in [5, 5.41) is 7.27. The smallest absolute Gasteiger partial charge is 0.0585 e. The molecular formula is C19H22N2. The van der Waals surface area contributed by atoms with Gasteiger partial charge in [0.05, 0.1) is 6.04 Å². The first kappa shape index (κ1) is 12.9. The van der Waals surface area contributed by atoms with Crippen molar-refractivity contribution in [2.24, 2.45) is 5.92 Å². The molecule has 1 saturated heterocycles. The summed E-state index contributed by atoms with van der Waals surface area (Å²) >= 11 is 0. The molecule has 2 aromatic rings. The third kappa shape index (κ3) is 2.34. The van der Waals surface area contributed by atoms with Crippen molar-refractivity contribution in [2.45, 2.75) is 24.8 Å². The van der Waals surface area contributed by atoms with E-state index in [0.717, 1.165) is 19.0 Å². The molecule has 2 aliphatic heterocycles. The van der Waals surface area contributed by atoms with Gasteiger partial charge >= 0.3 is 0 Å². The Morgan fingerprint density at radius 3 is 2.33 bits per heavy atom. The zero-order chi connectivity index (χ0) is 14.1. The van der Waals surface area contributed by atoms with Crippen LogP contribution in [0.4, 0.5) is 5.69 Å². The average molecular weight is 278 g/mol. The zero-order valence-corrected chi connectivity index (χ0v) is 12.3. The van der Waals surface area contributed by atoms with E-state index in [0.29, 0.717) is 12.0 Å². The van der Waals surface area contributed by atoms with E-state index in [2.05, 4.69) is 65.2 Å². The van der Waals surface area contributed by atoms with Gasteiger partial charge in [-0.3, -0.25) is 0 Å². The van der Waals surface area contributed by atoms with E-state index in [-0.39, 0.29) is 0 Å². The van der Waals surface area contributed by atoms with E-state index in [9.17, 15) is 0 Å². The maximum absolute atomic E-state index is 3.78. The van der Waals surface area contributed by atoms with Gasteiger partial charge in [-0.2, -0.15) is 0 Å². The van der Waals surface area contributed by atoms with Crippen LogP contribution >= 0.6 is 0 Å². The van der Waals surface area contributed by atoms with Crippen molar-refractivity contribution in [3.63, 3.8) is 0 Å². The highest BCUT2D eigenvalue weighted by molar-refractivity contribution is 5.61. The Hall–Kier alpha value is -1.80. The summed E-state index contributed by atoms with van der Waals surface area (Å²) in [5.41, 5.74) is 4.25. The minimum atomic E-state index is 0.423. The molecule has 4 rings (SSSR count). The second-order valence-corrected chi connectivity index (χ2v) is 6.23. The maximum Gasteiger partial charge on any atom is 0.0585 e. The van der Waals surface area contributed by atoms with Crippen molar-refractivity contribution in [3.05, 3.63) is 65.7 Å². The number of nitrogens with one attached hydrogen (secondary N) is 2. The van der Waals surface area contributed by atoms with Crippen LogP contribution in [0.15, 0.2) is 54.6 Å². The third-order valence-corrected chi connectivity index (χ3v) is 5.04. The molecule has 2 N–H and O–H groups in total. The van der Waals surface area contributed by atoms with Crippen LogP contribution in [0.25, 0.3) is 0 Å². The molecule has 0 bridgehead atoms. The molecule has 2 heteroatoms. The van der Waals surface area contributed by atoms with Gasteiger partial charge in [-0.15, -0.1) is 0 Å². The van der Waals surface area contributed by atoms with Crippen molar-refractivity contribution in [2.75, 3.05) is 18.4 Å². The van der Waals surface area contributed by atoms with Crippen molar-refractivity contribution in [1.82, 2.24) is 5.32 Å². The molecule has 21 heavy (non-hydrogen) atoms. The number of hydrogen-bond donors (Lipinski definition) is 2.